The van der Waals surface area contributed by atoms with E-state index in [1.54, 1.807) is 29.2 Å². The quantitative estimate of drug-likeness (QED) is 0.588. The van der Waals surface area contributed by atoms with E-state index in [4.69, 9.17) is 27.4 Å². The summed E-state index contributed by atoms with van der Waals surface area (Å²) < 4.78 is 11.1. The van der Waals surface area contributed by atoms with Crippen LogP contribution in [0.1, 0.15) is 18.9 Å². The molecule has 1 aliphatic heterocycles. The van der Waals surface area contributed by atoms with Gasteiger partial charge in [-0.2, -0.15) is 0 Å². The Kier molecular flexibility index (Phi) is 6.22. The van der Waals surface area contributed by atoms with E-state index < -0.39 is 5.91 Å². The van der Waals surface area contributed by atoms with Crippen LogP contribution >= 0.6 is 24.0 Å². The molecule has 24 heavy (non-hydrogen) atoms. The summed E-state index contributed by atoms with van der Waals surface area (Å²) >= 11 is 6.53. The molecule has 8 heteroatoms. The van der Waals surface area contributed by atoms with Crippen LogP contribution in [-0.2, 0) is 9.59 Å². The number of primary amides is 1. The minimum atomic E-state index is -0.569. The average Bonchev–Trinajstić information content (AvgIpc) is 2.81. The van der Waals surface area contributed by atoms with E-state index in [0.29, 0.717) is 27.3 Å². The standard InChI is InChI=1S/C16H18N2O4S2/c1-3-6-18-15(20)13(24-16(18)23)8-10-4-5-11(12(7-10)21-2)22-9-14(17)19/h4-5,7-8H,3,6,9H2,1-2H3,(H2,17,19)/b13-8+. The molecule has 0 spiro atoms. The van der Waals surface area contributed by atoms with Crippen LogP contribution in [0.5, 0.6) is 11.5 Å². The SMILES string of the molecule is CCCN1C(=O)/C(=C\c2ccc(OCC(N)=O)c(OC)c2)SC1=S. The number of rotatable bonds is 7. The molecule has 1 aliphatic rings. The number of carbonyl (C=O) groups excluding carboxylic acids is 2. The average molecular weight is 366 g/mol. The van der Waals surface area contributed by atoms with Gasteiger partial charge < -0.3 is 15.2 Å². The van der Waals surface area contributed by atoms with Crippen molar-refractivity contribution in [3.8, 4) is 11.5 Å². The van der Waals surface area contributed by atoms with Gasteiger partial charge in [0.25, 0.3) is 11.8 Å². The van der Waals surface area contributed by atoms with Gasteiger partial charge in [-0.1, -0.05) is 37.0 Å². The molecule has 1 fully saturated rings. The molecule has 2 N–H and O–H groups in total. The number of thiocarbonyl (C=S) groups is 1. The zero-order chi connectivity index (χ0) is 17.7. The molecule has 2 rings (SSSR count). The summed E-state index contributed by atoms with van der Waals surface area (Å²) in [6.07, 6.45) is 2.61. The van der Waals surface area contributed by atoms with Crippen molar-refractivity contribution >= 4 is 46.2 Å². The van der Waals surface area contributed by atoms with Crippen LogP contribution < -0.4 is 15.2 Å². The minimum Gasteiger partial charge on any atom is -0.493 e. The van der Waals surface area contributed by atoms with Gasteiger partial charge in [-0.3, -0.25) is 14.5 Å². The predicted molar refractivity (Wildman–Crippen MR) is 97.9 cm³/mol. The molecule has 0 radical (unpaired) electrons. The summed E-state index contributed by atoms with van der Waals surface area (Å²) in [5, 5.41) is 0. The van der Waals surface area contributed by atoms with Gasteiger partial charge in [-0.25, -0.2) is 0 Å². The second-order valence-corrected chi connectivity index (χ2v) is 6.67. The molecule has 0 unspecified atom stereocenters. The molecular formula is C16H18N2O4S2. The fourth-order valence-electron chi connectivity index (χ4n) is 2.11. The van der Waals surface area contributed by atoms with Crippen LogP contribution in [0.25, 0.3) is 6.08 Å². The highest BCUT2D eigenvalue weighted by Gasteiger charge is 2.31. The van der Waals surface area contributed by atoms with Gasteiger partial charge in [0.2, 0.25) is 0 Å². The molecule has 0 atom stereocenters. The predicted octanol–water partition coefficient (Wildman–Crippen LogP) is 2.17. The maximum atomic E-state index is 12.4. The number of nitrogens with two attached hydrogens (primary N) is 1. The number of methoxy groups -OCH3 is 1. The lowest BCUT2D eigenvalue weighted by molar-refractivity contribution is -0.122. The Hall–Kier alpha value is -2.06. The summed E-state index contributed by atoms with van der Waals surface area (Å²) in [6.45, 7) is 2.38. The summed E-state index contributed by atoms with van der Waals surface area (Å²) in [6, 6.07) is 5.16. The zero-order valence-corrected chi connectivity index (χ0v) is 15.0. The molecule has 0 aliphatic carbocycles. The first-order valence-corrected chi connectivity index (χ1v) is 8.53. The molecule has 6 nitrogen and oxygen atoms in total. The normalized spacial score (nSPS) is 15.9. The first kappa shape index (κ1) is 18.3. The molecule has 2 amide bonds. The molecule has 1 saturated heterocycles. The number of nitrogens with zero attached hydrogens (tertiary/aromatic N) is 1. The monoisotopic (exact) mass is 366 g/mol. The minimum absolute atomic E-state index is 0.0835. The Bertz CT molecular complexity index is 703. The topological polar surface area (TPSA) is 81.9 Å². The summed E-state index contributed by atoms with van der Waals surface area (Å²) in [5.74, 6) is 0.210. The molecule has 128 valence electrons. The second-order valence-electron chi connectivity index (χ2n) is 5.00. The van der Waals surface area contributed by atoms with Crippen LogP contribution in [-0.4, -0.2) is 41.3 Å². The number of hydrogen-bond donors (Lipinski definition) is 1. The van der Waals surface area contributed by atoms with Crippen molar-refractivity contribution < 1.29 is 19.1 Å². The highest BCUT2D eigenvalue weighted by molar-refractivity contribution is 8.26. The number of thioether (sulfide) groups is 1. The van der Waals surface area contributed by atoms with Gasteiger partial charge in [-0.15, -0.1) is 0 Å². The van der Waals surface area contributed by atoms with E-state index in [2.05, 4.69) is 0 Å². The van der Waals surface area contributed by atoms with E-state index in [9.17, 15) is 9.59 Å². The fourth-order valence-corrected chi connectivity index (χ4v) is 3.42. The number of hydrogen-bond acceptors (Lipinski definition) is 6. The van der Waals surface area contributed by atoms with Crippen LogP contribution in [0.4, 0.5) is 0 Å². The molecule has 0 bridgehead atoms. The van der Waals surface area contributed by atoms with E-state index in [0.717, 1.165) is 12.0 Å². The van der Waals surface area contributed by atoms with Crippen LogP contribution in [0, 0.1) is 0 Å². The van der Waals surface area contributed by atoms with Gasteiger partial charge >= 0.3 is 0 Å². The highest BCUT2D eigenvalue weighted by atomic mass is 32.2. The van der Waals surface area contributed by atoms with Crippen LogP contribution in [0.2, 0.25) is 0 Å². The van der Waals surface area contributed by atoms with Crippen LogP contribution in [0.3, 0.4) is 0 Å². The van der Waals surface area contributed by atoms with Gasteiger partial charge in [0.1, 0.15) is 4.32 Å². The number of amides is 2. The van der Waals surface area contributed by atoms with Crippen molar-refractivity contribution in [3.63, 3.8) is 0 Å². The van der Waals surface area contributed by atoms with E-state index in [1.165, 1.54) is 18.9 Å². The summed E-state index contributed by atoms with van der Waals surface area (Å²) in [5.41, 5.74) is 5.84. The Labute approximate surface area is 150 Å². The zero-order valence-electron chi connectivity index (χ0n) is 13.4. The smallest absolute Gasteiger partial charge is 0.266 e. The van der Waals surface area contributed by atoms with Gasteiger partial charge in [-0.05, 0) is 30.2 Å². The molecule has 1 heterocycles. The number of ether oxygens (including phenoxy) is 2. The van der Waals surface area contributed by atoms with E-state index in [1.807, 2.05) is 6.92 Å². The third-order valence-corrected chi connectivity index (χ3v) is 4.55. The Balaban J connectivity index is 2.22. The van der Waals surface area contributed by atoms with Crippen molar-refractivity contribution in [2.45, 2.75) is 13.3 Å². The summed E-state index contributed by atoms with van der Waals surface area (Å²) in [7, 11) is 1.50. The first-order chi connectivity index (χ1) is 11.5. The van der Waals surface area contributed by atoms with Crippen molar-refractivity contribution in [2.75, 3.05) is 20.3 Å². The number of carbonyl (C=O) groups is 2. The van der Waals surface area contributed by atoms with Gasteiger partial charge in [0.05, 0.1) is 12.0 Å². The van der Waals surface area contributed by atoms with Gasteiger partial charge in [0, 0.05) is 6.54 Å². The maximum absolute atomic E-state index is 12.4. The highest BCUT2D eigenvalue weighted by Crippen LogP contribution is 2.34. The van der Waals surface area contributed by atoms with E-state index in [-0.39, 0.29) is 12.5 Å². The third kappa shape index (κ3) is 4.27. The Morgan fingerprint density at radius 3 is 2.79 bits per heavy atom. The lowest BCUT2D eigenvalue weighted by Gasteiger charge is -2.12. The lowest BCUT2D eigenvalue weighted by atomic mass is 10.2. The van der Waals surface area contributed by atoms with Crippen LogP contribution in [0.15, 0.2) is 23.1 Å². The van der Waals surface area contributed by atoms with Crippen molar-refractivity contribution in [3.05, 3.63) is 28.7 Å². The van der Waals surface area contributed by atoms with Gasteiger partial charge in [0.15, 0.2) is 18.1 Å². The largest absolute Gasteiger partial charge is 0.493 e. The summed E-state index contributed by atoms with van der Waals surface area (Å²) in [4.78, 5) is 25.3. The Morgan fingerprint density at radius 2 is 2.17 bits per heavy atom. The van der Waals surface area contributed by atoms with E-state index >= 15 is 0 Å². The Morgan fingerprint density at radius 1 is 1.42 bits per heavy atom. The molecule has 1 aromatic rings. The lowest BCUT2D eigenvalue weighted by Crippen LogP contribution is -2.28. The fraction of sp³-hybridized carbons (Fsp3) is 0.312. The number of benzene rings is 1. The first-order valence-electron chi connectivity index (χ1n) is 7.30. The molecule has 0 aromatic heterocycles. The second kappa shape index (κ2) is 8.16. The maximum Gasteiger partial charge on any atom is 0.266 e. The van der Waals surface area contributed by atoms with Crippen molar-refractivity contribution in [1.29, 1.82) is 0 Å². The molecule has 0 saturated carbocycles. The molecule has 1 aromatic carbocycles. The van der Waals surface area contributed by atoms with Crippen molar-refractivity contribution in [1.82, 2.24) is 4.90 Å². The van der Waals surface area contributed by atoms with Crippen molar-refractivity contribution in [2.24, 2.45) is 5.73 Å². The molecular weight excluding hydrogens is 348 g/mol. The third-order valence-electron chi connectivity index (χ3n) is 3.18.